The van der Waals surface area contributed by atoms with E-state index in [0.29, 0.717) is 0 Å². The van der Waals surface area contributed by atoms with Gasteiger partial charge in [0, 0.05) is 6.08 Å². The highest BCUT2D eigenvalue weighted by molar-refractivity contribution is 5.87. The summed E-state index contributed by atoms with van der Waals surface area (Å²) in [5, 5.41) is 0. The van der Waals surface area contributed by atoms with Gasteiger partial charge in [0.2, 0.25) is 0 Å². The molecule has 0 saturated heterocycles. The maximum Gasteiger partial charge on any atom is 0.330 e. The number of hydrogen-bond acceptors (Lipinski definition) is 2. The van der Waals surface area contributed by atoms with E-state index in [1.807, 2.05) is 24.3 Å². The third kappa shape index (κ3) is 2.59. The number of rotatable bonds is 3. The standard InChI is InChI=1S/C12H12O2/c1-3-10-6-4-5-7-11(10)8-9-12(13)14-2/h3-9H,1H2,2H3. The molecule has 0 fully saturated rings. The first-order chi connectivity index (χ1) is 6.77. The van der Waals surface area contributed by atoms with Crippen LogP contribution in [0.25, 0.3) is 12.2 Å². The largest absolute Gasteiger partial charge is 0.466 e. The van der Waals surface area contributed by atoms with E-state index < -0.39 is 0 Å². The Kier molecular flexibility index (Phi) is 3.68. The summed E-state index contributed by atoms with van der Waals surface area (Å²) >= 11 is 0. The summed E-state index contributed by atoms with van der Waals surface area (Å²) in [7, 11) is 1.35. The zero-order chi connectivity index (χ0) is 10.4. The molecule has 0 aromatic heterocycles. The Labute approximate surface area is 83.5 Å². The lowest BCUT2D eigenvalue weighted by molar-refractivity contribution is -0.134. The molecule has 0 bridgehead atoms. The van der Waals surface area contributed by atoms with E-state index in [4.69, 9.17) is 0 Å². The number of hydrogen-bond donors (Lipinski definition) is 0. The van der Waals surface area contributed by atoms with Gasteiger partial charge in [0.05, 0.1) is 7.11 Å². The van der Waals surface area contributed by atoms with E-state index in [1.165, 1.54) is 13.2 Å². The summed E-state index contributed by atoms with van der Waals surface area (Å²) in [5.41, 5.74) is 1.94. The average molecular weight is 188 g/mol. The Hall–Kier alpha value is -1.83. The number of benzene rings is 1. The Bertz CT molecular complexity index is 364. The molecule has 2 heteroatoms. The SMILES string of the molecule is C=Cc1ccccc1C=CC(=O)OC. The van der Waals surface area contributed by atoms with Gasteiger partial charge in [0.25, 0.3) is 0 Å². The van der Waals surface area contributed by atoms with Gasteiger partial charge in [-0.15, -0.1) is 0 Å². The Balaban J connectivity index is 2.90. The number of carbonyl (C=O) groups excluding carboxylic acids is 1. The first kappa shape index (κ1) is 10.3. The quantitative estimate of drug-likeness (QED) is 0.538. The molecule has 0 N–H and O–H groups in total. The molecule has 0 saturated carbocycles. The van der Waals surface area contributed by atoms with Crippen LogP contribution < -0.4 is 0 Å². The van der Waals surface area contributed by atoms with Crippen LogP contribution in [0.2, 0.25) is 0 Å². The topological polar surface area (TPSA) is 26.3 Å². The molecule has 1 aromatic carbocycles. The summed E-state index contributed by atoms with van der Waals surface area (Å²) in [4.78, 5) is 10.8. The van der Waals surface area contributed by atoms with Gasteiger partial charge in [-0.25, -0.2) is 4.79 Å². The second-order valence-corrected chi connectivity index (χ2v) is 2.69. The summed E-state index contributed by atoms with van der Waals surface area (Å²) < 4.78 is 4.49. The molecule has 1 rings (SSSR count). The molecule has 1 aromatic rings. The number of carbonyl (C=O) groups is 1. The second kappa shape index (κ2) is 5.02. The van der Waals surface area contributed by atoms with Crippen molar-refractivity contribution >= 4 is 18.1 Å². The molecule has 14 heavy (non-hydrogen) atoms. The normalized spacial score (nSPS) is 10.1. The molecule has 0 aliphatic heterocycles. The molecule has 0 radical (unpaired) electrons. The molecule has 2 nitrogen and oxygen atoms in total. The highest BCUT2D eigenvalue weighted by Gasteiger charge is 1.95. The fourth-order valence-electron chi connectivity index (χ4n) is 1.07. The predicted octanol–water partition coefficient (Wildman–Crippen LogP) is 2.52. The van der Waals surface area contributed by atoms with Gasteiger partial charge in [-0.05, 0) is 17.2 Å². The van der Waals surface area contributed by atoms with E-state index in [9.17, 15) is 4.79 Å². The van der Waals surface area contributed by atoms with Gasteiger partial charge >= 0.3 is 5.97 Å². The van der Waals surface area contributed by atoms with Crippen molar-refractivity contribution in [2.24, 2.45) is 0 Å². The van der Waals surface area contributed by atoms with E-state index in [-0.39, 0.29) is 5.97 Å². The Morgan fingerprint density at radius 2 is 2.00 bits per heavy atom. The highest BCUT2D eigenvalue weighted by Crippen LogP contribution is 2.11. The lowest BCUT2D eigenvalue weighted by atomic mass is 10.1. The summed E-state index contributed by atoms with van der Waals surface area (Å²) in [6.45, 7) is 3.69. The molecule has 0 atom stereocenters. The molecule has 72 valence electrons. The minimum Gasteiger partial charge on any atom is -0.466 e. The summed E-state index contributed by atoms with van der Waals surface area (Å²) in [6, 6.07) is 7.68. The van der Waals surface area contributed by atoms with Crippen molar-refractivity contribution in [1.82, 2.24) is 0 Å². The molecule has 0 aliphatic carbocycles. The fourth-order valence-corrected chi connectivity index (χ4v) is 1.07. The predicted molar refractivity (Wildman–Crippen MR) is 57.6 cm³/mol. The van der Waals surface area contributed by atoms with Gasteiger partial charge in [-0.1, -0.05) is 36.9 Å². The number of ether oxygens (including phenoxy) is 1. The lowest BCUT2D eigenvalue weighted by Crippen LogP contribution is -1.93. The first-order valence-corrected chi connectivity index (χ1v) is 4.25. The van der Waals surface area contributed by atoms with E-state index in [1.54, 1.807) is 12.2 Å². The molecule has 0 amide bonds. The van der Waals surface area contributed by atoms with Crippen molar-refractivity contribution < 1.29 is 9.53 Å². The van der Waals surface area contributed by atoms with Crippen molar-refractivity contribution in [1.29, 1.82) is 0 Å². The van der Waals surface area contributed by atoms with Crippen molar-refractivity contribution in [3.8, 4) is 0 Å². The summed E-state index contributed by atoms with van der Waals surface area (Å²) in [5.74, 6) is -0.358. The van der Waals surface area contributed by atoms with Crippen molar-refractivity contribution in [2.75, 3.05) is 7.11 Å². The maximum atomic E-state index is 10.8. The third-order valence-corrected chi connectivity index (χ3v) is 1.82. The Morgan fingerprint density at radius 1 is 1.36 bits per heavy atom. The van der Waals surface area contributed by atoms with Crippen molar-refractivity contribution in [3.63, 3.8) is 0 Å². The molecule has 0 spiro atoms. The number of methoxy groups -OCH3 is 1. The van der Waals surface area contributed by atoms with Gasteiger partial charge in [-0.3, -0.25) is 0 Å². The molecule has 0 heterocycles. The van der Waals surface area contributed by atoms with Crippen molar-refractivity contribution in [2.45, 2.75) is 0 Å². The number of esters is 1. The van der Waals surface area contributed by atoms with Crippen LogP contribution >= 0.6 is 0 Å². The third-order valence-electron chi connectivity index (χ3n) is 1.82. The molecule has 0 unspecified atom stereocenters. The average Bonchev–Trinajstić information content (AvgIpc) is 2.26. The van der Waals surface area contributed by atoms with Crippen molar-refractivity contribution in [3.05, 3.63) is 48.0 Å². The highest BCUT2D eigenvalue weighted by atomic mass is 16.5. The fraction of sp³-hybridized carbons (Fsp3) is 0.0833. The van der Waals surface area contributed by atoms with Crippen LogP contribution in [-0.2, 0) is 9.53 Å². The van der Waals surface area contributed by atoms with E-state index in [2.05, 4.69) is 11.3 Å². The molecule has 0 aliphatic rings. The monoisotopic (exact) mass is 188 g/mol. The maximum absolute atomic E-state index is 10.8. The Morgan fingerprint density at radius 3 is 2.57 bits per heavy atom. The molecular formula is C12H12O2. The first-order valence-electron chi connectivity index (χ1n) is 4.25. The summed E-state index contributed by atoms with van der Waals surface area (Å²) in [6.07, 6.45) is 4.85. The van der Waals surface area contributed by atoms with Gasteiger partial charge in [-0.2, -0.15) is 0 Å². The van der Waals surface area contributed by atoms with Crippen LogP contribution in [0, 0.1) is 0 Å². The van der Waals surface area contributed by atoms with Crippen LogP contribution in [0.1, 0.15) is 11.1 Å². The van der Waals surface area contributed by atoms with Crippen LogP contribution in [0.15, 0.2) is 36.9 Å². The van der Waals surface area contributed by atoms with E-state index in [0.717, 1.165) is 11.1 Å². The minimum absolute atomic E-state index is 0.358. The van der Waals surface area contributed by atoms with Crippen LogP contribution in [0.3, 0.4) is 0 Å². The van der Waals surface area contributed by atoms with Gasteiger partial charge in [0.15, 0.2) is 0 Å². The lowest BCUT2D eigenvalue weighted by Gasteiger charge is -1.98. The zero-order valence-corrected chi connectivity index (χ0v) is 8.07. The van der Waals surface area contributed by atoms with Crippen LogP contribution in [0.4, 0.5) is 0 Å². The van der Waals surface area contributed by atoms with Crippen LogP contribution in [0.5, 0.6) is 0 Å². The van der Waals surface area contributed by atoms with Gasteiger partial charge < -0.3 is 4.74 Å². The van der Waals surface area contributed by atoms with Gasteiger partial charge in [0.1, 0.15) is 0 Å². The minimum atomic E-state index is -0.358. The van der Waals surface area contributed by atoms with E-state index >= 15 is 0 Å². The zero-order valence-electron chi connectivity index (χ0n) is 8.07. The smallest absolute Gasteiger partial charge is 0.330 e. The van der Waals surface area contributed by atoms with Crippen LogP contribution in [-0.4, -0.2) is 13.1 Å². The second-order valence-electron chi connectivity index (χ2n) is 2.69. The molecular weight excluding hydrogens is 176 g/mol.